The van der Waals surface area contributed by atoms with E-state index in [1.807, 2.05) is 44.2 Å². The maximum atomic E-state index is 12.8. The van der Waals surface area contributed by atoms with Crippen LogP contribution in [-0.4, -0.2) is 14.3 Å². The van der Waals surface area contributed by atoms with Crippen LogP contribution >= 0.6 is 0 Å². The number of rotatable bonds is 7. The van der Waals surface area contributed by atoms with E-state index in [9.17, 15) is 13.2 Å². The van der Waals surface area contributed by atoms with Crippen LogP contribution in [0.3, 0.4) is 0 Å². The largest absolute Gasteiger partial charge is 0.345 e. The van der Waals surface area contributed by atoms with Gasteiger partial charge < -0.3 is 5.32 Å². The zero-order valence-electron chi connectivity index (χ0n) is 16.4. The molecule has 0 saturated heterocycles. The van der Waals surface area contributed by atoms with Gasteiger partial charge in [-0.15, -0.1) is 0 Å². The summed E-state index contributed by atoms with van der Waals surface area (Å²) in [4.78, 5) is 13.0. The molecule has 150 valence electrons. The molecule has 3 rings (SSSR count). The van der Waals surface area contributed by atoms with E-state index in [1.54, 1.807) is 36.4 Å². The number of hydrogen-bond acceptors (Lipinski definition) is 3. The standard InChI is InChI=1S/C23H24N2O3S/c1-17(2)22(18-10-5-3-6-11-18)24-23(26)19-12-9-13-20(16-19)25-29(27,28)21-14-7-4-8-15-21/h3-17,22,25H,1-2H3,(H,24,26). The molecule has 0 heterocycles. The van der Waals surface area contributed by atoms with E-state index in [0.29, 0.717) is 11.3 Å². The number of anilines is 1. The maximum absolute atomic E-state index is 12.8. The van der Waals surface area contributed by atoms with Crippen molar-refractivity contribution in [2.45, 2.75) is 24.8 Å². The molecule has 0 fully saturated rings. The Hall–Kier alpha value is -3.12. The summed E-state index contributed by atoms with van der Waals surface area (Å²) < 4.78 is 27.6. The molecule has 0 bridgehead atoms. The minimum Gasteiger partial charge on any atom is -0.345 e. The van der Waals surface area contributed by atoms with Gasteiger partial charge >= 0.3 is 0 Å². The lowest BCUT2D eigenvalue weighted by molar-refractivity contribution is 0.0925. The van der Waals surface area contributed by atoms with Gasteiger partial charge in [0.05, 0.1) is 10.9 Å². The molecule has 1 atom stereocenters. The predicted molar refractivity (Wildman–Crippen MR) is 115 cm³/mol. The van der Waals surface area contributed by atoms with Gasteiger partial charge in [0.2, 0.25) is 0 Å². The molecule has 0 spiro atoms. The molecule has 29 heavy (non-hydrogen) atoms. The minimum absolute atomic E-state index is 0.145. The van der Waals surface area contributed by atoms with E-state index >= 15 is 0 Å². The fourth-order valence-electron chi connectivity index (χ4n) is 3.06. The minimum atomic E-state index is -3.72. The smallest absolute Gasteiger partial charge is 0.261 e. The van der Waals surface area contributed by atoms with E-state index in [-0.39, 0.29) is 22.8 Å². The van der Waals surface area contributed by atoms with E-state index in [2.05, 4.69) is 10.0 Å². The lowest BCUT2D eigenvalue weighted by Crippen LogP contribution is -2.31. The molecule has 3 aromatic carbocycles. The van der Waals surface area contributed by atoms with Crippen molar-refractivity contribution in [1.82, 2.24) is 5.32 Å². The summed E-state index contributed by atoms with van der Waals surface area (Å²) in [5, 5.41) is 3.05. The van der Waals surface area contributed by atoms with Gasteiger partial charge in [-0.05, 0) is 41.8 Å². The lowest BCUT2D eigenvalue weighted by Gasteiger charge is -2.23. The molecule has 0 aliphatic heterocycles. The monoisotopic (exact) mass is 408 g/mol. The van der Waals surface area contributed by atoms with Gasteiger partial charge in [0.15, 0.2) is 0 Å². The molecule has 1 amide bonds. The average Bonchev–Trinajstić information content (AvgIpc) is 2.73. The molecule has 0 aromatic heterocycles. The molecule has 1 unspecified atom stereocenters. The second kappa shape index (κ2) is 8.92. The van der Waals surface area contributed by atoms with E-state index < -0.39 is 10.0 Å². The van der Waals surface area contributed by atoms with Crippen molar-refractivity contribution < 1.29 is 13.2 Å². The summed E-state index contributed by atoms with van der Waals surface area (Å²) in [6.07, 6.45) is 0. The van der Waals surface area contributed by atoms with Gasteiger partial charge in [-0.2, -0.15) is 0 Å². The van der Waals surface area contributed by atoms with E-state index in [1.165, 1.54) is 18.2 Å². The highest BCUT2D eigenvalue weighted by molar-refractivity contribution is 7.92. The number of nitrogens with one attached hydrogen (secondary N) is 2. The van der Waals surface area contributed by atoms with E-state index in [0.717, 1.165) is 5.56 Å². The Morgan fingerprint density at radius 1 is 0.828 bits per heavy atom. The zero-order valence-corrected chi connectivity index (χ0v) is 17.2. The van der Waals surface area contributed by atoms with Gasteiger partial charge in [-0.25, -0.2) is 8.42 Å². The van der Waals surface area contributed by atoms with Crippen LogP contribution in [0.4, 0.5) is 5.69 Å². The Morgan fingerprint density at radius 2 is 1.45 bits per heavy atom. The van der Waals surface area contributed by atoms with Crippen LogP contribution < -0.4 is 10.0 Å². The van der Waals surface area contributed by atoms with E-state index in [4.69, 9.17) is 0 Å². The highest BCUT2D eigenvalue weighted by atomic mass is 32.2. The number of amides is 1. The molecule has 0 saturated carbocycles. The summed E-state index contributed by atoms with van der Waals surface area (Å²) in [6.45, 7) is 4.09. The quantitative estimate of drug-likeness (QED) is 0.599. The summed E-state index contributed by atoms with van der Waals surface area (Å²) in [5.41, 5.74) is 1.75. The summed E-state index contributed by atoms with van der Waals surface area (Å²) in [7, 11) is -3.72. The Morgan fingerprint density at radius 3 is 2.07 bits per heavy atom. The topological polar surface area (TPSA) is 75.3 Å². The van der Waals surface area contributed by atoms with Gasteiger partial charge in [-0.3, -0.25) is 9.52 Å². The second-order valence-electron chi connectivity index (χ2n) is 7.11. The molecule has 0 radical (unpaired) electrons. The van der Waals surface area contributed by atoms with Crippen LogP contribution in [0.5, 0.6) is 0 Å². The zero-order chi connectivity index (χ0) is 20.9. The molecule has 5 nitrogen and oxygen atoms in total. The number of sulfonamides is 1. The second-order valence-corrected chi connectivity index (χ2v) is 8.79. The Labute approximate surface area is 171 Å². The van der Waals surface area contributed by atoms with Crippen LogP contribution in [0.15, 0.2) is 89.8 Å². The van der Waals surface area contributed by atoms with Crippen molar-refractivity contribution in [3.8, 4) is 0 Å². The SMILES string of the molecule is CC(C)C(NC(=O)c1cccc(NS(=O)(=O)c2ccccc2)c1)c1ccccc1. The van der Waals surface area contributed by atoms with Crippen LogP contribution in [0.25, 0.3) is 0 Å². The van der Waals surface area contributed by atoms with Gasteiger partial charge in [0, 0.05) is 11.3 Å². The number of carbonyl (C=O) groups is 1. The first-order valence-corrected chi connectivity index (χ1v) is 10.9. The van der Waals surface area contributed by atoms with Crippen molar-refractivity contribution in [2.75, 3.05) is 4.72 Å². The number of hydrogen-bond donors (Lipinski definition) is 2. The first kappa shape index (κ1) is 20.6. The Kier molecular flexibility index (Phi) is 6.34. The Bertz CT molecular complexity index is 1070. The predicted octanol–water partition coefficient (Wildman–Crippen LogP) is 4.61. The maximum Gasteiger partial charge on any atom is 0.261 e. The first-order chi connectivity index (χ1) is 13.9. The average molecular weight is 409 g/mol. The molecule has 6 heteroatoms. The van der Waals surface area contributed by atoms with Crippen LogP contribution in [0.2, 0.25) is 0 Å². The third-order valence-corrected chi connectivity index (χ3v) is 5.94. The summed E-state index contributed by atoms with van der Waals surface area (Å²) in [5.74, 6) is -0.0607. The van der Waals surface area contributed by atoms with Crippen molar-refractivity contribution in [1.29, 1.82) is 0 Å². The molecule has 2 N–H and O–H groups in total. The van der Waals surface area contributed by atoms with Crippen molar-refractivity contribution >= 4 is 21.6 Å². The molecule has 3 aromatic rings. The summed E-state index contributed by atoms with van der Waals surface area (Å²) in [6, 6.07) is 24.2. The van der Waals surface area contributed by atoms with Gasteiger partial charge in [-0.1, -0.05) is 68.4 Å². The van der Waals surface area contributed by atoms with Crippen molar-refractivity contribution in [3.05, 3.63) is 96.1 Å². The highest BCUT2D eigenvalue weighted by Crippen LogP contribution is 2.23. The normalized spacial score (nSPS) is 12.4. The molecular formula is C23H24N2O3S. The van der Waals surface area contributed by atoms with Crippen molar-refractivity contribution in [3.63, 3.8) is 0 Å². The lowest BCUT2D eigenvalue weighted by atomic mass is 9.95. The van der Waals surface area contributed by atoms with Crippen LogP contribution in [-0.2, 0) is 10.0 Å². The van der Waals surface area contributed by atoms with Crippen LogP contribution in [0, 0.1) is 5.92 Å². The fourth-order valence-corrected chi connectivity index (χ4v) is 4.13. The molecular weight excluding hydrogens is 384 g/mol. The van der Waals surface area contributed by atoms with Crippen LogP contribution in [0.1, 0.15) is 35.8 Å². The third-order valence-electron chi connectivity index (χ3n) is 4.54. The molecule has 0 aliphatic rings. The number of carbonyl (C=O) groups excluding carboxylic acids is 1. The van der Waals surface area contributed by atoms with Gasteiger partial charge in [0.25, 0.3) is 15.9 Å². The first-order valence-electron chi connectivity index (χ1n) is 9.40. The fraction of sp³-hybridized carbons (Fsp3) is 0.174. The van der Waals surface area contributed by atoms with Gasteiger partial charge in [0.1, 0.15) is 0 Å². The summed E-state index contributed by atoms with van der Waals surface area (Å²) >= 11 is 0. The Balaban J connectivity index is 1.79. The molecule has 0 aliphatic carbocycles. The third kappa shape index (κ3) is 5.23. The van der Waals surface area contributed by atoms with Crippen molar-refractivity contribution in [2.24, 2.45) is 5.92 Å². The highest BCUT2D eigenvalue weighted by Gasteiger charge is 2.20. The number of benzene rings is 3.